The summed E-state index contributed by atoms with van der Waals surface area (Å²) in [6.07, 6.45) is 3.87. The minimum absolute atomic E-state index is 0.129. The average Bonchev–Trinajstić information content (AvgIpc) is 3.29. The van der Waals surface area contributed by atoms with Gasteiger partial charge in [0.1, 0.15) is 11.4 Å². The lowest BCUT2D eigenvalue weighted by Crippen LogP contribution is -2.15. The van der Waals surface area contributed by atoms with Crippen LogP contribution in [0.5, 0.6) is 5.75 Å². The van der Waals surface area contributed by atoms with Gasteiger partial charge in [0, 0.05) is 33.2 Å². The zero-order chi connectivity index (χ0) is 18.6. The van der Waals surface area contributed by atoms with E-state index in [1.807, 2.05) is 48.0 Å². The van der Waals surface area contributed by atoms with Crippen LogP contribution >= 0.6 is 27.3 Å². The molecule has 0 fully saturated rings. The molecule has 1 aromatic carbocycles. The SMILES string of the molecule is O=C(CCOc1ccccc1)Nc1nc(-c2c[nH]c3ncc(Br)cc23)cs1. The topological polar surface area (TPSA) is 79.9 Å². The van der Waals surface area contributed by atoms with Crippen molar-refractivity contribution in [1.82, 2.24) is 15.0 Å². The normalized spacial score (nSPS) is 10.9. The molecular weight excluding hydrogens is 428 g/mol. The number of thiazole rings is 1. The zero-order valence-corrected chi connectivity index (χ0v) is 16.5. The van der Waals surface area contributed by atoms with Crippen molar-refractivity contribution in [3.63, 3.8) is 0 Å². The van der Waals surface area contributed by atoms with E-state index in [0.29, 0.717) is 11.7 Å². The fourth-order valence-corrected chi connectivity index (χ4v) is 3.66. The molecule has 6 nitrogen and oxygen atoms in total. The number of aromatic amines is 1. The largest absolute Gasteiger partial charge is 0.493 e. The van der Waals surface area contributed by atoms with Crippen molar-refractivity contribution < 1.29 is 9.53 Å². The number of hydrogen-bond donors (Lipinski definition) is 2. The molecule has 4 aromatic rings. The first-order chi connectivity index (χ1) is 13.2. The third-order valence-corrected chi connectivity index (χ3v) is 5.06. The van der Waals surface area contributed by atoms with Gasteiger partial charge in [-0.1, -0.05) is 18.2 Å². The van der Waals surface area contributed by atoms with Crippen LogP contribution in [0.4, 0.5) is 5.13 Å². The molecule has 27 heavy (non-hydrogen) atoms. The summed E-state index contributed by atoms with van der Waals surface area (Å²) < 4.78 is 6.45. The summed E-state index contributed by atoms with van der Waals surface area (Å²) in [6.45, 7) is 0.316. The maximum atomic E-state index is 12.1. The fraction of sp³-hybridized carbons (Fsp3) is 0.105. The lowest BCUT2D eigenvalue weighted by atomic mass is 10.2. The van der Waals surface area contributed by atoms with Crippen LogP contribution in [0.1, 0.15) is 6.42 Å². The standard InChI is InChI=1S/C19H15BrN4O2S/c20-12-8-14-15(10-22-18(14)21-9-12)16-11-27-19(23-16)24-17(25)6-7-26-13-4-2-1-3-5-13/h1-5,8-11H,6-7H2,(H,21,22)(H,23,24,25). The van der Waals surface area contributed by atoms with E-state index in [1.165, 1.54) is 11.3 Å². The number of amides is 1. The zero-order valence-electron chi connectivity index (χ0n) is 14.1. The summed E-state index contributed by atoms with van der Waals surface area (Å²) in [5.41, 5.74) is 2.54. The average molecular weight is 443 g/mol. The van der Waals surface area contributed by atoms with Gasteiger partial charge in [0.05, 0.1) is 18.7 Å². The Morgan fingerprint density at radius 1 is 1.30 bits per heavy atom. The minimum Gasteiger partial charge on any atom is -0.493 e. The molecule has 0 aliphatic heterocycles. The Kier molecular flexibility index (Phi) is 5.17. The first-order valence-corrected chi connectivity index (χ1v) is 9.92. The number of nitrogens with one attached hydrogen (secondary N) is 2. The van der Waals surface area contributed by atoms with Crippen molar-refractivity contribution in [2.24, 2.45) is 0 Å². The molecule has 1 amide bonds. The summed E-state index contributed by atoms with van der Waals surface area (Å²) in [6, 6.07) is 11.4. The number of carbonyl (C=O) groups is 1. The van der Waals surface area contributed by atoms with Crippen molar-refractivity contribution in [3.05, 3.63) is 58.6 Å². The van der Waals surface area contributed by atoms with E-state index in [9.17, 15) is 4.79 Å². The number of H-pyrrole nitrogens is 1. The van der Waals surface area contributed by atoms with Gasteiger partial charge in [-0.05, 0) is 34.1 Å². The monoisotopic (exact) mass is 442 g/mol. The van der Waals surface area contributed by atoms with Gasteiger partial charge in [-0.3, -0.25) is 4.79 Å². The highest BCUT2D eigenvalue weighted by atomic mass is 79.9. The molecule has 0 aliphatic rings. The van der Waals surface area contributed by atoms with Crippen molar-refractivity contribution in [3.8, 4) is 17.0 Å². The van der Waals surface area contributed by atoms with E-state index in [0.717, 1.165) is 32.5 Å². The summed E-state index contributed by atoms with van der Waals surface area (Å²) in [5, 5.41) is 6.28. The number of hydrogen-bond acceptors (Lipinski definition) is 5. The first kappa shape index (κ1) is 17.7. The van der Waals surface area contributed by atoms with Gasteiger partial charge in [-0.15, -0.1) is 11.3 Å². The van der Waals surface area contributed by atoms with Crippen LogP contribution in [-0.2, 0) is 4.79 Å². The molecule has 4 rings (SSSR count). The van der Waals surface area contributed by atoms with Gasteiger partial charge in [0.25, 0.3) is 0 Å². The molecule has 0 bridgehead atoms. The Labute approximate surface area is 167 Å². The molecule has 0 saturated heterocycles. The van der Waals surface area contributed by atoms with Crippen molar-refractivity contribution in [2.75, 3.05) is 11.9 Å². The molecular formula is C19H15BrN4O2S. The van der Waals surface area contributed by atoms with Gasteiger partial charge >= 0.3 is 0 Å². The Morgan fingerprint density at radius 3 is 3.00 bits per heavy atom. The number of rotatable bonds is 6. The second-order valence-electron chi connectivity index (χ2n) is 5.75. The van der Waals surface area contributed by atoms with E-state index < -0.39 is 0 Å². The number of nitrogens with zero attached hydrogens (tertiary/aromatic N) is 2. The number of fused-ring (bicyclic) bond motifs is 1. The van der Waals surface area contributed by atoms with Crippen LogP contribution in [0.25, 0.3) is 22.3 Å². The van der Waals surface area contributed by atoms with Crippen LogP contribution in [0.2, 0.25) is 0 Å². The number of halogens is 1. The quantitative estimate of drug-likeness (QED) is 0.446. The maximum absolute atomic E-state index is 12.1. The van der Waals surface area contributed by atoms with Crippen LogP contribution in [0, 0.1) is 0 Å². The summed E-state index contributed by atoms with van der Waals surface area (Å²) in [4.78, 5) is 24.1. The number of ether oxygens (including phenoxy) is 1. The van der Waals surface area contributed by atoms with Crippen LogP contribution in [0.3, 0.4) is 0 Å². The number of pyridine rings is 1. The smallest absolute Gasteiger partial charge is 0.229 e. The summed E-state index contributed by atoms with van der Waals surface area (Å²) in [7, 11) is 0. The van der Waals surface area contributed by atoms with E-state index in [1.54, 1.807) is 6.20 Å². The number of anilines is 1. The van der Waals surface area contributed by atoms with Crippen molar-refractivity contribution in [2.45, 2.75) is 6.42 Å². The molecule has 136 valence electrons. The van der Waals surface area contributed by atoms with Gasteiger partial charge < -0.3 is 15.0 Å². The summed E-state index contributed by atoms with van der Waals surface area (Å²) >= 11 is 4.83. The van der Waals surface area contributed by atoms with Gasteiger partial charge in [0.2, 0.25) is 5.91 Å². The predicted octanol–water partition coefficient (Wildman–Crippen LogP) is 4.86. The van der Waals surface area contributed by atoms with Crippen LogP contribution < -0.4 is 10.1 Å². The Bertz CT molecular complexity index is 1080. The van der Waals surface area contributed by atoms with E-state index in [-0.39, 0.29) is 12.3 Å². The second-order valence-corrected chi connectivity index (χ2v) is 7.52. The Hall–Kier alpha value is -2.71. The molecule has 0 unspecified atom stereocenters. The lowest BCUT2D eigenvalue weighted by Gasteiger charge is -2.05. The highest BCUT2D eigenvalue weighted by Crippen LogP contribution is 2.31. The third-order valence-electron chi connectivity index (χ3n) is 3.87. The molecule has 0 aliphatic carbocycles. The third kappa shape index (κ3) is 4.17. The Balaban J connectivity index is 1.39. The fourth-order valence-electron chi connectivity index (χ4n) is 2.60. The number of para-hydroxylation sites is 1. The van der Waals surface area contributed by atoms with E-state index >= 15 is 0 Å². The number of carbonyl (C=O) groups excluding carboxylic acids is 1. The number of aromatic nitrogens is 3. The predicted molar refractivity (Wildman–Crippen MR) is 110 cm³/mol. The maximum Gasteiger partial charge on any atom is 0.229 e. The lowest BCUT2D eigenvalue weighted by molar-refractivity contribution is -0.116. The van der Waals surface area contributed by atoms with Crippen LogP contribution in [-0.4, -0.2) is 27.5 Å². The van der Waals surface area contributed by atoms with Crippen molar-refractivity contribution >= 4 is 49.3 Å². The van der Waals surface area contributed by atoms with Crippen LogP contribution in [0.15, 0.2) is 58.6 Å². The molecule has 8 heteroatoms. The molecule has 0 spiro atoms. The highest BCUT2D eigenvalue weighted by Gasteiger charge is 2.12. The second kappa shape index (κ2) is 7.89. The van der Waals surface area contributed by atoms with Gasteiger partial charge in [0.15, 0.2) is 5.13 Å². The number of benzene rings is 1. The molecule has 3 heterocycles. The summed E-state index contributed by atoms with van der Waals surface area (Å²) in [5.74, 6) is 0.621. The highest BCUT2D eigenvalue weighted by molar-refractivity contribution is 9.10. The van der Waals surface area contributed by atoms with Crippen molar-refractivity contribution in [1.29, 1.82) is 0 Å². The molecule has 2 N–H and O–H groups in total. The molecule has 0 saturated carbocycles. The molecule has 3 aromatic heterocycles. The van der Waals surface area contributed by atoms with Gasteiger partial charge in [-0.25, -0.2) is 9.97 Å². The van der Waals surface area contributed by atoms with E-state index in [4.69, 9.17) is 4.74 Å². The van der Waals surface area contributed by atoms with E-state index in [2.05, 4.69) is 36.2 Å². The molecule has 0 radical (unpaired) electrons. The Morgan fingerprint density at radius 2 is 2.15 bits per heavy atom. The van der Waals surface area contributed by atoms with Gasteiger partial charge in [-0.2, -0.15) is 0 Å². The molecule has 0 atom stereocenters. The first-order valence-electron chi connectivity index (χ1n) is 8.25. The minimum atomic E-state index is -0.129.